The molecule has 2 aromatic rings. The summed E-state index contributed by atoms with van der Waals surface area (Å²) in [6.45, 7) is 0.476. The summed E-state index contributed by atoms with van der Waals surface area (Å²) in [6, 6.07) is 1.52. The second-order valence-corrected chi connectivity index (χ2v) is 10.8. The Balaban J connectivity index is 1.49. The van der Waals surface area contributed by atoms with Gasteiger partial charge in [-0.3, -0.25) is 9.59 Å². The van der Waals surface area contributed by atoms with Crippen molar-refractivity contribution >= 4 is 63.7 Å². The first-order valence-electron chi connectivity index (χ1n) is 10.7. The molecule has 35 heavy (non-hydrogen) atoms. The van der Waals surface area contributed by atoms with Gasteiger partial charge in [0, 0.05) is 12.1 Å². The van der Waals surface area contributed by atoms with Crippen molar-refractivity contribution in [3.05, 3.63) is 53.6 Å². The Hall–Kier alpha value is -2.01. The number of benzene rings is 1. The monoisotopic (exact) mass is 565 g/mol. The fourth-order valence-corrected chi connectivity index (χ4v) is 6.53. The summed E-state index contributed by atoms with van der Waals surface area (Å²) in [7, 11) is 0. The molecule has 186 valence electrons. The van der Waals surface area contributed by atoms with Gasteiger partial charge in [-0.1, -0.05) is 40.0 Å². The van der Waals surface area contributed by atoms with Crippen LogP contribution in [0.15, 0.2) is 17.3 Å². The summed E-state index contributed by atoms with van der Waals surface area (Å²) in [5.74, 6) is -0.671. The van der Waals surface area contributed by atoms with E-state index >= 15 is 0 Å². The minimum atomic E-state index is -4.85. The minimum absolute atomic E-state index is 0.0591. The van der Waals surface area contributed by atoms with E-state index < -0.39 is 30.1 Å². The van der Waals surface area contributed by atoms with E-state index in [1.165, 1.54) is 0 Å². The van der Waals surface area contributed by atoms with Gasteiger partial charge in [0.05, 0.1) is 31.2 Å². The zero-order chi connectivity index (χ0) is 25.1. The Labute approximate surface area is 216 Å². The molecule has 1 aromatic carbocycles. The average molecular weight is 567 g/mol. The summed E-state index contributed by atoms with van der Waals surface area (Å²) in [5, 5.41) is 8.90. The summed E-state index contributed by atoms with van der Waals surface area (Å²) < 4.78 is 43.2. The number of amides is 2. The molecule has 5 rings (SSSR count). The number of hydrogen-bond acceptors (Lipinski definition) is 5. The second kappa shape index (κ2) is 8.83. The van der Waals surface area contributed by atoms with E-state index in [-0.39, 0.29) is 32.3 Å². The Morgan fingerprint density at radius 1 is 1.20 bits per heavy atom. The van der Waals surface area contributed by atoms with Gasteiger partial charge in [-0.2, -0.15) is 13.2 Å². The van der Waals surface area contributed by atoms with Crippen molar-refractivity contribution in [1.82, 2.24) is 10.6 Å². The van der Waals surface area contributed by atoms with E-state index in [4.69, 9.17) is 39.6 Å². The predicted octanol–water partition coefficient (Wildman–Crippen LogP) is 5.40. The molecule has 0 spiro atoms. The van der Waals surface area contributed by atoms with Crippen molar-refractivity contribution in [2.45, 2.75) is 49.9 Å². The molecule has 2 amide bonds. The van der Waals surface area contributed by atoms with Crippen LogP contribution in [0.5, 0.6) is 0 Å². The zero-order valence-corrected chi connectivity index (χ0v) is 20.9. The normalized spacial score (nSPS) is 23.7. The molecule has 2 aliphatic heterocycles. The quantitative estimate of drug-likeness (QED) is 0.487. The third kappa shape index (κ3) is 4.08. The number of thiophene rings is 1. The molecular weight excluding hydrogens is 550 g/mol. The summed E-state index contributed by atoms with van der Waals surface area (Å²) in [5.41, 5.74) is -1.46. The maximum absolute atomic E-state index is 14.4. The van der Waals surface area contributed by atoms with E-state index in [0.717, 1.165) is 41.0 Å². The fourth-order valence-electron chi connectivity index (χ4n) is 4.66. The van der Waals surface area contributed by atoms with Crippen molar-refractivity contribution in [2.24, 2.45) is 5.16 Å². The number of nitrogens with one attached hydrogen (secondary N) is 2. The molecule has 0 bridgehead atoms. The first-order valence-corrected chi connectivity index (χ1v) is 12.7. The second-order valence-electron chi connectivity index (χ2n) is 8.56. The Bertz CT molecular complexity index is 1260. The molecule has 1 fully saturated rings. The van der Waals surface area contributed by atoms with Crippen LogP contribution >= 0.6 is 46.1 Å². The van der Waals surface area contributed by atoms with Crippen LogP contribution < -0.4 is 10.6 Å². The maximum atomic E-state index is 14.4. The molecule has 1 aliphatic carbocycles. The zero-order valence-electron chi connectivity index (χ0n) is 17.8. The van der Waals surface area contributed by atoms with Gasteiger partial charge in [-0.25, -0.2) is 0 Å². The number of alkyl halides is 3. The van der Waals surface area contributed by atoms with Gasteiger partial charge in [0.15, 0.2) is 0 Å². The van der Waals surface area contributed by atoms with Crippen LogP contribution in [-0.4, -0.2) is 36.3 Å². The topological polar surface area (TPSA) is 79.8 Å². The Morgan fingerprint density at radius 3 is 2.51 bits per heavy atom. The van der Waals surface area contributed by atoms with E-state index in [1.807, 2.05) is 0 Å². The summed E-state index contributed by atoms with van der Waals surface area (Å²) in [4.78, 5) is 30.8. The first-order chi connectivity index (χ1) is 16.5. The number of carbonyl (C=O) groups excluding carboxylic acids is 2. The number of carbonyl (C=O) groups is 2. The smallest absolute Gasteiger partial charge is 0.374 e. The third-order valence-corrected chi connectivity index (χ3v) is 8.95. The highest BCUT2D eigenvalue weighted by Gasteiger charge is 2.63. The number of rotatable bonds is 4. The molecule has 2 atom stereocenters. The van der Waals surface area contributed by atoms with Crippen LogP contribution in [-0.2, 0) is 28.1 Å². The molecule has 0 radical (unpaired) electrons. The van der Waals surface area contributed by atoms with Gasteiger partial charge in [0.25, 0.3) is 11.5 Å². The van der Waals surface area contributed by atoms with Gasteiger partial charge >= 0.3 is 6.18 Å². The van der Waals surface area contributed by atoms with Gasteiger partial charge in [-0.15, -0.1) is 11.3 Å². The molecule has 1 aromatic heterocycles. The highest BCUT2D eigenvalue weighted by atomic mass is 35.5. The molecule has 0 saturated carbocycles. The molecular formula is C22H17Cl3F3N3O3S. The van der Waals surface area contributed by atoms with E-state index in [9.17, 15) is 22.8 Å². The number of halogens is 6. The highest BCUT2D eigenvalue weighted by molar-refractivity contribution is 7.16. The lowest BCUT2D eigenvalue weighted by atomic mass is 9.87. The molecule has 2 unspecified atom stereocenters. The molecule has 1 saturated heterocycles. The number of fused-ring (bicyclic) bond motifs is 1. The lowest BCUT2D eigenvalue weighted by Gasteiger charge is -2.29. The van der Waals surface area contributed by atoms with Crippen LogP contribution in [0.3, 0.4) is 0 Å². The van der Waals surface area contributed by atoms with Crippen molar-refractivity contribution in [1.29, 1.82) is 0 Å². The van der Waals surface area contributed by atoms with Crippen LogP contribution in [0, 0.1) is 0 Å². The summed E-state index contributed by atoms with van der Waals surface area (Å²) >= 11 is 19.0. The molecule has 13 heteroatoms. The Morgan fingerprint density at radius 2 is 1.89 bits per heavy atom. The molecule has 2 N–H and O–H groups in total. The van der Waals surface area contributed by atoms with Crippen LogP contribution in [0.2, 0.25) is 15.1 Å². The predicted molar refractivity (Wildman–Crippen MR) is 127 cm³/mol. The van der Waals surface area contributed by atoms with Crippen molar-refractivity contribution in [3.63, 3.8) is 0 Å². The van der Waals surface area contributed by atoms with E-state index in [0.29, 0.717) is 35.6 Å². The maximum Gasteiger partial charge on any atom is 0.435 e. The molecule has 6 nitrogen and oxygen atoms in total. The van der Waals surface area contributed by atoms with Gasteiger partial charge < -0.3 is 15.5 Å². The number of oxime groups is 1. The first kappa shape index (κ1) is 24.7. The SMILES string of the molecule is O=C(NC1CCNC1=O)c1sc(C2=NOC(c3cc(Cl)c(Cl)c(Cl)c3)(C(F)(F)F)C2)c2c1CCC2. The van der Waals surface area contributed by atoms with Gasteiger partial charge in [-0.05, 0) is 48.9 Å². The lowest BCUT2D eigenvalue weighted by molar-refractivity contribution is -0.275. The third-order valence-electron chi connectivity index (χ3n) is 6.43. The lowest BCUT2D eigenvalue weighted by Crippen LogP contribution is -2.42. The molecule has 3 aliphatic rings. The van der Waals surface area contributed by atoms with Gasteiger partial charge in [0.2, 0.25) is 5.91 Å². The standard InChI is InChI=1S/C22H17Cl3F3N3O3S/c23-12-6-9(7-13(24)16(12)25)21(22(26,27)28)8-15(31-34-21)17-10-2-1-3-11(10)18(35-17)20(33)30-14-4-5-29-19(14)32/h6-7,14H,1-5,8H2,(H,29,32)(H,30,33). The van der Waals surface area contributed by atoms with Crippen LogP contribution in [0.1, 0.15) is 50.5 Å². The van der Waals surface area contributed by atoms with Gasteiger partial charge in [0.1, 0.15) is 11.8 Å². The average Bonchev–Trinajstić information content (AvgIpc) is 3.55. The van der Waals surface area contributed by atoms with Crippen molar-refractivity contribution in [3.8, 4) is 0 Å². The number of hydrogen-bond donors (Lipinski definition) is 2. The summed E-state index contributed by atoms with van der Waals surface area (Å²) in [6.07, 6.45) is -3.01. The number of nitrogens with zero attached hydrogens (tertiary/aromatic N) is 1. The largest absolute Gasteiger partial charge is 0.435 e. The molecule has 3 heterocycles. The van der Waals surface area contributed by atoms with Crippen LogP contribution in [0.4, 0.5) is 13.2 Å². The van der Waals surface area contributed by atoms with Crippen LogP contribution in [0.25, 0.3) is 0 Å². The fraction of sp³-hybridized carbons (Fsp3) is 0.409. The highest BCUT2D eigenvalue weighted by Crippen LogP contribution is 2.51. The minimum Gasteiger partial charge on any atom is -0.374 e. The van der Waals surface area contributed by atoms with Crippen molar-refractivity contribution in [2.75, 3.05) is 6.54 Å². The Kier molecular flexibility index (Phi) is 6.22. The van der Waals surface area contributed by atoms with E-state index in [1.54, 1.807) is 0 Å². The van der Waals surface area contributed by atoms with E-state index in [2.05, 4.69) is 15.8 Å². The van der Waals surface area contributed by atoms with Crippen molar-refractivity contribution < 1.29 is 27.6 Å².